The Morgan fingerprint density at radius 1 is 1.07 bits per heavy atom. The molecule has 3 fully saturated rings. The van der Waals surface area contributed by atoms with E-state index in [4.69, 9.17) is 14.2 Å². The zero-order chi connectivity index (χ0) is 30.9. The standard InChI is InChI=1S/C30H27N3O9S2/c1-3-41-20(34)12-42-18-9-4-13(10-19(18)40-2)21-22-16-11-17(25(22)43-27-26(21)44-30(37)31-27)24-23(16)28(35)32(29(24)36)14-5-7-15(8-6-14)33(38)39/h4-10,16-17,21-25H,3,11-12H2,1-2H3,(H,31,37)/t16?,17?,21-,22?,23?,24?,25?/m1/s1. The maximum absolute atomic E-state index is 13.9. The van der Waals surface area contributed by atoms with E-state index in [0.29, 0.717) is 17.2 Å². The Morgan fingerprint density at radius 2 is 1.80 bits per heavy atom. The number of nitro benzene ring substituents is 1. The lowest BCUT2D eigenvalue weighted by Crippen LogP contribution is -2.42. The summed E-state index contributed by atoms with van der Waals surface area (Å²) in [5.74, 6) is -1.72. The number of aromatic amines is 1. The first-order chi connectivity index (χ1) is 21.2. The number of benzene rings is 2. The summed E-state index contributed by atoms with van der Waals surface area (Å²) in [6.07, 6.45) is 0.719. The van der Waals surface area contributed by atoms with Gasteiger partial charge in [-0.25, -0.2) is 4.79 Å². The minimum absolute atomic E-state index is 0.0108. The number of thioether (sulfide) groups is 1. The molecule has 0 radical (unpaired) electrons. The molecule has 2 bridgehead atoms. The van der Waals surface area contributed by atoms with Crippen molar-refractivity contribution in [3.63, 3.8) is 0 Å². The van der Waals surface area contributed by atoms with Crippen LogP contribution in [0.25, 0.3) is 0 Å². The molecule has 2 amide bonds. The number of carbonyl (C=O) groups is 3. The SMILES string of the molecule is CCOC(=O)COc1ccc([C@H]2c3sc(=O)[nH]c3SC3C4CC(C5C(=O)N(c6ccc([N+](=O)[O-])cc6)C(=O)C45)C32)cc1OC. The van der Waals surface area contributed by atoms with Gasteiger partial charge in [0, 0.05) is 28.2 Å². The molecule has 3 heterocycles. The predicted molar refractivity (Wildman–Crippen MR) is 159 cm³/mol. The van der Waals surface area contributed by atoms with Crippen LogP contribution in [0.2, 0.25) is 0 Å². The summed E-state index contributed by atoms with van der Waals surface area (Å²) in [6, 6.07) is 11.0. The van der Waals surface area contributed by atoms with Crippen molar-refractivity contribution in [3.05, 3.63) is 72.7 Å². The lowest BCUT2D eigenvalue weighted by atomic mass is 9.68. The summed E-state index contributed by atoms with van der Waals surface area (Å²) in [5.41, 5.74) is 1.09. The largest absolute Gasteiger partial charge is 0.493 e. The van der Waals surface area contributed by atoms with Crippen molar-refractivity contribution in [3.8, 4) is 11.5 Å². The molecule has 4 aliphatic rings. The number of nitro groups is 1. The Hall–Kier alpha value is -4.17. The van der Waals surface area contributed by atoms with Crippen LogP contribution in [0.15, 0.2) is 52.3 Å². The van der Waals surface area contributed by atoms with E-state index >= 15 is 0 Å². The normalized spacial score (nSPS) is 28.0. The smallest absolute Gasteiger partial charge is 0.344 e. The number of imide groups is 1. The number of rotatable bonds is 8. The van der Waals surface area contributed by atoms with Crippen molar-refractivity contribution in [1.29, 1.82) is 0 Å². The number of amides is 2. The van der Waals surface area contributed by atoms with Crippen molar-refractivity contribution in [2.24, 2.45) is 29.6 Å². The van der Waals surface area contributed by atoms with Gasteiger partial charge < -0.3 is 19.2 Å². The van der Waals surface area contributed by atoms with Gasteiger partial charge in [0.2, 0.25) is 11.8 Å². The number of H-pyrrole nitrogens is 1. The second-order valence-corrected chi connectivity index (χ2v) is 13.5. The number of ether oxygens (including phenoxy) is 3. The van der Waals surface area contributed by atoms with Gasteiger partial charge in [-0.1, -0.05) is 17.4 Å². The van der Waals surface area contributed by atoms with E-state index in [1.165, 1.54) is 36.3 Å². The van der Waals surface area contributed by atoms with Crippen molar-refractivity contribution in [2.45, 2.75) is 29.5 Å². The Labute approximate surface area is 258 Å². The maximum Gasteiger partial charge on any atom is 0.344 e. The average Bonchev–Trinajstić information content (AvgIpc) is 3.75. The minimum Gasteiger partial charge on any atom is -0.493 e. The number of hydrogen-bond acceptors (Lipinski definition) is 11. The summed E-state index contributed by atoms with van der Waals surface area (Å²) in [6.45, 7) is 1.69. The first-order valence-electron chi connectivity index (χ1n) is 14.2. The van der Waals surface area contributed by atoms with Crippen molar-refractivity contribution in [1.82, 2.24) is 4.98 Å². The third kappa shape index (κ3) is 4.33. The molecule has 1 aromatic heterocycles. The number of anilines is 1. The average molecular weight is 638 g/mol. The number of thiazole rings is 1. The summed E-state index contributed by atoms with van der Waals surface area (Å²) < 4.78 is 16.2. The van der Waals surface area contributed by atoms with Crippen LogP contribution in [0.5, 0.6) is 11.5 Å². The highest BCUT2D eigenvalue weighted by Crippen LogP contribution is 2.68. The van der Waals surface area contributed by atoms with Gasteiger partial charge in [-0.15, -0.1) is 11.8 Å². The third-order valence-electron chi connectivity index (χ3n) is 9.24. The lowest BCUT2D eigenvalue weighted by Gasteiger charge is -2.43. The zero-order valence-electron chi connectivity index (χ0n) is 23.6. The molecule has 7 rings (SSSR count). The number of esters is 1. The molecule has 2 aromatic carbocycles. The number of hydrogen-bond donors (Lipinski definition) is 1. The van der Waals surface area contributed by atoms with Gasteiger partial charge in [0.1, 0.15) is 0 Å². The van der Waals surface area contributed by atoms with E-state index in [-0.39, 0.29) is 64.5 Å². The number of fused-ring (bicyclic) bond motifs is 9. The highest BCUT2D eigenvalue weighted by Gasteiger charge is 2.69. The molecule has 228 valence electrons. The summed E-state index contributed by atoms with van der Waals surface area (Å²) in [4.78, 5) is 67.7. The Morgan fingerprint density at radius 3 is 2.48 bits per heavy atom. The molecule has 7 atom stereocenters. The van der Waals surface area contributed by atoms with Crippen LogP contribution in [-0.4, -0.2) is 53.3 Å². The van der Waals surface area contributed by atoms with Gasteiger partial charge in [0.05, 0.1) is 41.2 Å². The van der Waals surface area contributed by atoms with E-state index in [0.717, 1.165) is 33.2 Å². The molecule has 12 nitrogen and oxygen atoms in total. The fourth-order valence-electron chi connectivity index (χ4n) is 7.70. The highest BCUT2D eigenvalue weighted by molar-refractivity contribution is 8.00. The molecule has 6 unspecified atom stereocenters. The van der Waals surface area contributed by atoms with E-state index in [2.05, 4.69) is 4.98 Å². The number of methoxy groups -OCH3 is 1. The number of aromatic nitrogens is 1. The van der Waals surface area contributed by atoms with Gasteiger partial charge >= 0.3 is 10.8 Å². The quantitative estimate of drug-likeness (QED) is 0.166. The fourth-order valence-corrected chi connectivity index (χ4v) is 10.6. The lowest BCUT2D eigenvalue weighted by molar-refractivity contribution is -0.384. The highest BCUT2D eigenvalue weighted by atomic mass is 32.2. The Bertz CT molecular complexity index is 1750. The molecular weight excluding hydrogens is 610 g/mol. The number of non-ortho nitro benzene ring substituents is 1. The summed E-state index contributed by atoms with van der Waals surface area (Å²) in [5, 5.41) is 11.9. The van der Waals surface area contributed by atoms with Crippen LogP contribution < -0.4 is 19.2 Å². The summed E-state index contributed by atoms with van der Waals surface area (Å²) in [7, 11) is 1.51. The van der Waals surface area contributed by atoms with Crippen LogP contribution in [0.4, 0.5) is 11.4 Å². The fraction of sp³-hybridized carbons (Fsp3) is 0.400. The molecule has 2 aliphatic heterocycles. The molecule has 14 heteroatoms. The van der Waals surface area contributed by atoms with Crippen LogP contribution in [-0.2, 0) is 19.1 Å². The minimum atomic E-state index is -0.522. The number of nitrogens with one attached hydrogen (secondary N) is 1. The topological polar surface area (TPSA) is 158 Å². The van der Waals surface area contributed by atoms with Gasteiger partial charge in [-0.05, 0) is 60.9 Å². The zero-order valence-corrected chi connectivity index (χ0v) is 25.2. The number of carbonyl (C=O) groups excluding carboxylic acids is 3. The second kappa shape index (κ2) is 10.8. The molecule has 3 aromatic rings. The molecule has 1 saturated heterocycles. The van der Waals surface area contributed by atoms with E-state index < -0.39 is 22.7 Å². The van der Waals surface area contributed by atoms with E-state index in [1.807, 2.05) is 12.1 Å². The Kier molecular flexibility index (Phi) is 7.00. The monoisotopic (exact) mass is 637 g/mol. The van der Waals surface area contributed by atoms with Crippen LogP contribution >= 0.6 is 23.1 Å². The van der Waals surface area contributed by atoms with E-state index in [9.17, 15) is 29.3 Å². The number of nitrogens with zero attached hydrogens (tertiary/aromatic N) is 2. The molecule has 2 aliphatic carbocycles. The van der Waals surface area contributed by atoms with Crippen LogP contribution in [0.1, 0.15) is 29.7 Å². The molecule has 44 heavy (non-hydrogen) atoms. The Balaban J connectivity index is 1.24. The molecule has 2 saturated carbocycles. The molecular formula is C30H27N3O9S2. The molecule has 1 N–H and O–H groups in total. The van der Waals surface area contributed by atoms with Crippen LogP contribution in [0, 0.1) is 39.7 Å². The first-order valence-corrected chi connectivity index (χ1v) is 15.9. The van der Waals surface area contributed by atoms with Crippen LogP contribution in [0.3, 0.4) is 0 Å². The summed E-state index contributed by atoms with van der Waals surface area (Å²) >= 11 is 2.74. The van der Waals surface area contributed by atoms with Crippen molar-refractivity contribution >= 4 is 52.3 Å². The molecule has 0 spiro atoms. The van der Waals surface area contributed by atoms with Gasteiger partial charge in [-0.2, -0.15) is 0 Å². The van der Waals surface area contributed by atoms with Gasteiger partial charge in [-0.3, -0.25) is 29.4 Å². The van der Waals surface area contributed by atoms with E-state index in [1.54, 1.807) is 24.8 Å². The predicted octanol–water partition coefficient (Wildman–Crippen LogP) is 3.97. The van der Waals surface area contributed by atoms with Crippen molar-refractivity contribution < 1.29 is 33.5 Å². The van der Waals surface area contributed by atoms with Gasteiger partial charge in [0.15, 0.2) is 18.1 Å². The van der Waals surface area contributed by atoms with Crippen molar-refractivity contribution in [2.75, 3.05) is 25.2 Å². The third-order valence-corrected chi connectivity index (χ3v) is 11.8. The maximum atomic E-state index is 13.9. The van der Waals surface area contributed by atoms with Gasteiger partial charge in [0.25, 0.3) is 5.69 Å². The first kappa shape index (κ1) is 28.6. The second-order valence-electron chi connectivity index (χ2n) is 11.2.